The molecule has 92 valence electrons. The van der Waals surface area contributed by atoms with Crippen LogP contribution in [0, 0.1) is 17.8 Å². The van der Waals surface area contributed by atoms with Gasteiger partial charge in [0.1, 0.15) is 0 Å². The average Bonchev–Trinajstić information content (AvgIpc) is 2.13. The lowest BCUT2D eigenvalue weighted by molar-refractivity contribution is -0.0317. The van der Waals surface area contributed by atoms with E-state index in [1.54, 1.807) is 0 Å². The van der Waals surface area contributed by atoms with E-state index >= 15 is 0 Å². The molecule has 4 fully saturated rings. The van der Waals surface area contributed by atoms with Crippen molar-refractivity contribution in [3.63, 3.8) is 0 Å². The Morgan fingerprint density at radius 3 is 1.88 bits per heavy atom. The third-order valence-electron chi connectivity index (χ3n) is 5.15. The zero-order chi connectivity index (χ0) is 11.4. The van der Waals surface area contributed by atoms with Gasteiger partial charge < -0.3 is 11.1 Å². The molecule has 0 saturated heterocycles. The number of nitrogens with two attached hydrogens (primary N) is 1. The quantitative estimate of drug-likeness (QED) is 0.769. The minimum Gasteiger partial charge on any atom is -0.329 e. The highest BCUT2D eigenvalue weighted by Gasteiger charge is 2.51. The van der Waals surface area contributed by atoms with Gasteiger partial charge in [-0.1, -0.05) is 0 Å². The molecule has 4 rings (SSSR count). The van der Waals surface area contributed by atoms with E-state index in [0.717, 1.165) is 24.3 Å². The number of rotatable bonds is 3. The Hall–Kier alpha value is -0.0800. The Morgan fingerprint density at radius 1 is 1.06 bits per heavy atom. The Bertz CT molecular complexity index is 247. The van der Waals surface area contributed by atoms with Gasteiger partial charge in [0.25, 0.3) is 0 Å². The van der Waals surface area contributed by atoms with Crippen LogP contribution in [0.5, 0.6) is 0 Å². The van der Waals surface area contributed by atoms with E-state index in [2.05, 4.69) is 19.2 Å². The molecule has 0 aromatic carbocycles. The standard InChI is InChI=1S/C14H26N2/c1-13(2,9-15)16-14-6-10-3-11(7-14)5-12(4-10)8-14/h10-12,16H,3-9,15H2,1-2H3. The van der Waals surface area contributed by atoms with E-state index in [9.17, 15) is 0 Å². The predicted octanol–water partition coefficient (Wildman–Crippen LogP) is 2.28. The molecule has 4 aliphatic rings. The Labute approximate surface area is 99.4 Å². The molecule has 4 aliphatic carbocycles. The molecule has 0 aliphatic heterocycles. The van der Waals surface area contributed by atoms with Crippen LogP contribution < -0.4 is 11.1 Å². The normalized spacial score (nSPS) is 46.3. The van der Waals surface area contributed by atoms with Crippen molar-refractivity contribution in [3.05, 3.63) is 0 Å². The summed E-state index contributed by atoms with van der Waals surface area (Å²) < 4.78 is 0. The fraction of sp³-hybridized carbons (Fsp3) is 1.00. The Balaban J connectivity index is 1.78. The predicted molar refractivity (Wildman–Crippen MR) is 67.2 cm³/mol. The summed E-state index contributed by atoms with van der Waals surface area (Å²) in [5.41, 5.74) is 6.45. The molecular formula is C14H26N2. The summed E-state index contributed by atoms with van der Waals surface area (Å²) in [6, 6.07) is 0. The van der Waals surface area contributed by atoms with Crippen LogP contribution in [0.15, 0.2) is 0 Å². The van der Waals surface area contributed by atoms with Gasteiger partial charge in [0.15, 0.2) is 0 Å². The van der Waals surface area contributed by atoms with Gasteiger partial charge >= 0.3 is 0 Å². The maximum absolute atomic E-state index is 5.87. The van der Waals surface area contributed by atoms with E-state index in [1.165, 1.54) is 38.5 Å². The minimum atomic E-state index is 0.117. The van der Waals surface area contributed by atoms with Crippen molar-refractivity contribution in [2.45, 2.75) is 63.5 Å². The molecular weight excluding hydrogens is 196 g/mol. The zero-order valence-corrected chi connectivity index (χ0v) is 10.8. The van der Waals surface area contributed by atoms with Crippen molar-refractivity contribution < 1.29 is 0 Å². The first kappa shape index (κ1) is 11.0. The maximum Gasteiger partial charge on any atom is 0.0252 e. The van der Waals surface area contributed by atoms with Crippen LogP contribution in [0.2, 0.25) is 0 Å². The summed E-state index contributed by atoms with van der Waals surface area (Å²) >= 11 is 0. The van der Waals surface area contributed by atoms with Crippen molar-refractivity contribution in [1.82, 2.24) is 5.32 Å². The third-order valence-corrected chi connectivity index (χ3v) is 5.15. The first-order valence-electron chi connectivity index (χ1n) is 7.00. The molecule has 2 heteroatoms. The largest absolute Gasteiger partial charge is 0.329 e. The van der Waals surface area contributed by atoms with Gasteiger partial charge in [-0.15, -0.1) is 0 Å². The highest BCUT2D eigenvalue weighted by molar-refractivity contribution is 5.08. The topological polar surface area (TPSA) is 38.0 Å². The molecule has 3 N–H and O–H groups in total. The van der Waals surface area contributed by atoms with Crippen molar-refractivity contribution >= 4 is 0 Å². The number of nitrogens with one attached hydrogen (secondary N) is 1. The van der Waals surface area contributed by atoms with Crippen LogP contribution in [0.3, 0.4) is 0 Å². The van der Waals surface area contributed by atoms with Gasteiger partial charge in [0.2, 0.25) is 0 Å². The second-order valence-electron chi connectivity index (χ2n) is 7.41. The lowest BCUT2D eigenvalue weighted by Gasteiger charge is -2.59. The molecule has 0 unspecified atom stereocenters. The van der Waals surface area contributed by atoms with Crippen molar-refractivity contribution in [1.29, 1.82) is 0 Å². The summed E-state index contributed by atoms with van der Waals surface area (Å²) in [5.74, 6) is 3.06. The fourth-order valence-corrected chi connectivity index (χ4v) is 5.03. The first-order chi connectivity index (χ1) is 7.50. The maximum atomic E-state index is 5.87. The van der Waals surface area contributed by atoms with E-state index in [-0.39, 0.29) is 5.54 Å². The summed E-state index contributed by atoms with van der Waals surface area (Å²) in [6.45, 7) is 5.26. The molecule has 4 bridgehead atoms. The highest BCUT2D eigenvalue weighted by atomic mass is 15.1. The van der Waals surface area contributed by atoms with Crippen molar-refractivity contribution in [2.24, 2.45) is 23.5 Å². The average molecular weight is 222 g/mol. The number of hydrogen-bond donors (Lipinski definition) is 2. The van der Waals surface area contributed by atoms with Gasteiger partial charge in [-0.05, 0) is 70.1 Å². The Kier molecular flexibility index (Phi) is 2.38. The van der Waals surface area contributed by atoms with Gasteiger partial charge in [0, 0.05) is 17.6 Å². The molecule has 2 nitrogen and oxygen atoms in total. The second kappa shape index (κ2) is 3.46. The van der Waals surface area contributed by atoms with Gasteiger partial charge in [0.05, 0.1) is 0 Å². The van der Waals surface area contributed by atoms with Crippen LogP contribution in [0.4, 0.5) is 0 Å². The molecule has 0 atom stereocenters. The first-order valence-corrected chi connectivity index (χ1v) is 7.00. The van der Waals surface area contributed by atoms with Crippen LogP contribution >= 0.6 is 0 Å². The zero-order valence-electron chi connectivity index (χ0n) is 10.8. The minimum absolute atomic E-state index is 0.117. The lowest BCUT2D eigenvalue weighted by atomic mass is 9.52. The molecule has 4 saturated carbocycles. The fourth-order valence-electron chi connectivity index (χ4n) is 5.03. The van der Waals surface area contributed by atoms with Crippen LogP contribution in [0.1, 0.15) is 52.4 Å². The number of hydrogen-bond acceptors (Lipinski definition) is 2. The molecule has 0 heterocycles. The molecule has 16 heavy (non-hydrogen) atoms. The van der Waals surface area contributed by atoms with Crippen LogP contribution in [-0.2, 0) is 0 Å². The van der Waals surface area contributed by atoms with Crippen LogP contribution in [0.25, 0.3) is 0 Å². The van der Waals surface area contributed by atoms with E-state index < -0.39 is 0 Å². The van der Waals surface area contributed by atoms with Crippen LogP contribution in [-0.4, -0.2) is 17.6 Å². The molecule has 0 amide bonds. The lowest BCUT2D eigenvalue weighted by Crippen LogP contribution is -2.65. The van der Waals surface area contributed by atoms with Gasteiger partial charge in [-0.25, -0.2) is 0 Å². The summed E-state index contributed by atoms with van der Waals surface area (Å²) in [6.07, 6.45) is 8.81. The Morgan fingerprint density at radius 2 is 1.50 bits per heavy atom. The van der Waals surface area contributed by atoms with E-state index in [1.807, 2.05) is 0 Å². The summed E-state index contributed by atoms with van der Waals surface area (Å²) in [5, 5.41) is 3.93. The second-order valence-corrected chi connectivity index (χ2v) is 7.41. The summed E-state index contributed by atoms with van der Waals surface area (Å²) in [7, 11) is 0. The van der Waals surface area contributed by atoms with Gasteiger partial charge in [-0.3, -0.25) is 0 Å². The molecule has 0 aromatic rings. The molecule has 0 aromatic heterocycles. The van der Waals surface area contributed by atoms with Gasteiger partial charge in [-0.2, -0.15) is 0 Å². The SMILES string of the molecule is CC(C)(CN)NC12CC3CC(CC(C3)C1)C2. The molecule has 0 radical (unpaired) electrons. The molecule has 0 spiro atoms. The third kappa shape index (κ3) is 1.80. The smallest absolute Gasteiger partial charge is 0.0252 e. The van der Waals surface area contributed by atoms with E-state index in [4.69, 9.17) is 5.73 Å². The van der Waals surface area contributed by atoms with Crippen molar-refractivity contribution in [3.8, 4) is 0 Å². The van der Waals surface area contributed by atoms with Crippen molar-refractivity contribution in [2.75, 3.05) is 6.54 Å². The van der Waals surface area contributed by atoms with E-state index in [0.29, 0.717) is 5.54 Å². The monoisotopic (exact) mass is 222 g/mol. The highest BCUT2D eigenvalue weighted by Crippen LogP contribution is 2.55. The summed E-state index contributed by atoms with van der Waals surface area (Å²) in [4.78, 5) is 0.